The summed E-state index contributed by atoms with van der Waals surface area (Å²) in [7, 11) is 1.56. The number of amides is 1. The van der Waals surface area contributed by atoms with Crippen LogP contribution in [-0.4, -0.2) is 42.0 Å². The number of carbonyl (C=O) groups excluding carboxylic acids is 2. The van der Waals surface area contributed by atoms with E-state index in [1.165, 1.54) is 4.90 Å². The average molecular weight is 446 g/mol. The predicted molar refractivity (Wildman–Crippen MR) is 127 cm³/mol. The fourth-order valence-electron chi connectivity index (χ4n) is 4.32. The number of carbonyl (C=O) groups is 2. The van der Waals surface area contributed by atoms with Gasteiger partial charge in [0.15, 0.2) is 11.5 Å². The van der Waals surface area contributed by atoms with E-state index < -0.39 is 17.7 Å². The SMILES string of the molecule is CCCN1C(=O)C(=O)/C(=C(/O)c2ccc3ccccc3c2)C1c1ccc(OC)c(OCC)c1. The molecule has 0 aliphatic carbocycles. The number of aliphatic hydroxyl groups is 1. The topological polar surface area (TPSA) is 76.1 Å². The van der Waals surface area contributed by atoms with Crippen molar-refractivity contribution in [1.29, 1.82) is 0 Å². The lowest BCUT2D eigenvalue weighted by Gasteiger charge is -2.25. The smallest absolute Gasteiger partial charge is 0.295 e. The van der Waals surface area contributed by atoms with Crippen LogP contribution >= 0.6 is 0 Å². The molecule has 0 bridgehead atoms. The van der Waals surface area contributed by atoms with Crippen LogP contribution < -0.4 is 9.47 Å². The summed E-state index contributed by atoms with van der Waals surface area (Å²) in [6.45, 7) is 4.64. The van der Waals surface area contributed by atoms with Gasteiger partial charge in [-0.15, -0.1) is 0 Å². The number of likely N-dealkylation sites (tertiary alicyclic amines) is 1. The van der Waals surface area contributed by atoms with Gasteiger partial charge in [-0.3, -0.25) is 9.59 Å². The summed E-state index contributed by atoms with van der Waals surface area (Å²) in [5.74, 6) is -0.407. The molecule has 6 heteroatoms. The third kappa shape index (κ3) is 4.04. The van der Waals surface area contributed by atoms with Gasteiger partial charge in [-0.25, -0.2) is 0 Å². The lowest BCUT2D eigenvalue weighted by Crippen LogP contribution is -2.30. The summed E-state index contributed by atoms with van der Waals surface area (Å²) in [6.07, 6.45) is 0.675. The fourth-order valence-corrected chi connectivity index (χ4v) is 4.32. The van der Waals surface area contributed by atoms with Crippen LogP contribution in [0, 0.1) is 0 Å². The van der Waals surface area contributed by atoms with Crippen LogP contribution in [0.25, 0.3) is 16.5 Å². The molecule has 1 aliphatic rings. The number of hydrogen-bond acceptors (Lipinski definition) is 5. The standard InChI is InChI=1S/C27H27NO5/c1-4-14-28-24(19-12-13-21(32-3)22(16-19)33-5-2)23(26(30)27(28)31)25(29)20-11-10-17-8-6-7-9-18(17)15-20/h6-13,15-16,24,29H,4-5,14H2,1-3H3/b25-23+. The van der Waals surface area contributed by atoms with Gasteiger partial charge in [0, 0.05) is 12.1 Å². The Bertz CT molecular complexity index is 1250. The molecule has 1 unspecified atom stereocenters. The van der Waals surface area contributed by atoms with E-state index >= 15 is 0 Å². The van der Waals surface area contributed by atoms with Crippen LogP contribution in [0.3, 0.4) is 0 Å². The van der Waals surface area contributed by atoms with Crippen molar-refractivity contribution in [3.8, 4) is 11.5 Å². The van der Waals surface area contributed by atoms with Crippen LogP contribution in [0.1, 0.15) is 37.4 Å². The van der Waals surface area contributed by atoms with Crippen molar-refractivity contribution in [3.63, 3.8) is 0 Å². The zero-order chi connectivity index (χ0) is 23.5. The highest BCUT2D eigenvalue weighted by molar-refractivity contribution is 6.46. The van der Waals surface area contributed by atoms with E-state index in [1.807, 2.05) is 50.2 Å². The molecule has 3 aromatic rings. The number of nitrogens with zero attached hydrogens (tertiary/aromatic N) is 1. The largest absolute Gasteiger partial charge is 0.507 e. The highest BCUT2D eigenvalue weighted by Crippen LogP contribution is 2.42. The number of benzene rings is 3. The molecule has 1 aliphatic heterocycles. The summed E-state index contributed by atoms with van der Waals surface area (Å²) >= 11 is 0. The Morgan fingerprint density at radius 3 is 2.42 bits per heavy atom. The van der Waals surface area contributed by atoms with Gasteiger partial charge >= 0.3 is 0 Å². The Morgan fingerprint density at radius 1 is 0.970 bits per heavy atom. The minimum absolute atomic E-state index is 0.0800. The van der Waals surface area contributed by atoms with E-state index in [9.17, 15) is 14.7 Å². The molecule has 1 fully saturated rings. The number of aliphatic hydroxyl groups excluding tert-OH is 1. The summed E-state index contributed by atoms with van der Waals surface area (Å²) in [6, 6.07) is 17.9. The van der Waals surface area contributed by atoms with Gasteiger partial charge in [0.2, 0.25) is 0 Å². The Kier molecular flexibility index (Phi) is 6.36. The fraction of sp³-hybridized carbons (Fsp3) is 0.259. The second-order valence-electron chi connectivity index (χ2n) is 7.90. The van der Waals surface area contributed by atoms with E-state index in [-0.39, 0.29) is 11.3 Å². The Morgan fingerprint density at radius 2 is 1.73 bits per heavy atom. The van der Waals surface area contributed by atoms with Crippen molar-refractivity contribution < 1.29 is 24.2 Å². The average Bonchev–Trinajstić information content (AvgIpc) is 3.08. The van der Waals surface area contributed by atoms with Crippen molar-refractivity contribution in [2.45, 2.75) is 26.3 Å². The molecule has 0 saturated carbocycles. The van der Waals surface area contributed by atoms with Gasteiger partial charge in [-0.05, 0) is 47.9 Å². The lowest BCUT2D eigenvalue weighted by atomic mass is 9.94. The first-order chi connectivity index (χ1) is 16.0. The van der Waals surface area contributed by atoms with E-state index in [0.717, 1.165) is 10.8 Å². The first-order valence-electron chi connectivity index (χ1n) is 11.1. The third-order valence-electron chi connectivity index (χ3n) is 5.83. The number of Topliss-reactive ketones (excluding diaryl/α,β-unsaturated/α-hetero) is 1. The molecule has 1 atom stereocenters. The molecule has 1 N–H and O–H groups in total. The second kappa shape index (κ2) is 9.36. The quantitative estimate of drug-likeness (QED) is 0.312. The summed E-state index contributed by atoms with van der Waals surface area (Å²) in [5, 5.41) is 13.2. The van der Waals surface area contributed by atoms with Crippen molar-refractivity contribution in [2.24, 2.45) is 0 Å². The highest BCUT2D eigenvalue weighted by atomic mass is 16.5. The first kappa shape index (κ1) is 22.4. The van der Waals surface area contributed by atoms with Crippen LogP contribution in [0.5, 0.6) is 11.5 Å². The molecule has 170 valence electrons. The van der Waals surface area contributed by atoms with Crippen LogP contribution in [-0.2, 0) is 9.59 Å². The molecule has 3 aromatic carbocycles. The van der Waals surface area contributed by atoms with Crippen molar-refractivity contribution in [2.75, 3.05) is 20.3 Å². The first-order valence-corrected chi connectivity index (χ1v) is 11.1. The van der Waals surface area contributed by atoms with Crippen molar-refractivity contribution in [1.82, 2.24) is 4.90 Å². The minimum atomic E-state index is -0.721. The van der Waals surface area contributed by atoms with Gasteiger partial charge in [0.25, 0.3) is 11.7 Å². The van der Waals surface area contributed by atoms with Crippen molar-refractivity contribution in [3.05, 3.63) is 77.4 Å². The molecule has 0 radical (unpaired) electrons. The summed E-state index contributed by atoms with van der Waals surface area (Å²) < 4.78 is 11.1. The van der Waals surface area contributed by atoms with E-state index in [0.29, 0.717) is 42.2 Å². The Balaban J connectivity index is 1.89. The molecule has 0 spiro atoms. The zero-order valence-electron chi connectivity index (χ0n) is 19.0. The summed E-state index contributed by atoms with van der Waals surface area (Å²) in [4.78, 5) is 27.6. The van der Waals surface area contributed by atoms with E-state index in [1.54, 1.807) is 31.4 Å². The van der Waals surface area contributed by atoms with E-state index in [4.69, 9.17) is 9.47 Å². The molecular weight excluding hydrogens is 418 g/mol. The van der Waals surface area contributed by atoms with Crippen LogP contribution in [0.2, 0.25) is 0 Å². The van der Waals surface area contributed by atoms with E-state index in [2.05, 4.69) is 0 Å². The van der Waals surface area contributed by atoms with Gasteiger partial charge in [-0.1, -0.05) is 49.4 Å². The molecule has 1 heterocycles. The summed E-state index contributed by atoms with van der Waals surface area (Å²) in [5.41, 5.74) is 1.25. The number of hydrogen-bond donors (Lipinski definition) is 1. The van der Waals surface area contributed by atoms with Gasteiger partial charge < -0.3 is 19.5 Å². The molecule has 1 amide bonds. The molecule has 6 nitrogen and oxygen atoms in total. The maximum atomic E-state index is 13.1. The monoisotopic (exact) mass is 445 g/mol. The van der Waals surface area contributed by atoms with Crippen molar-refractivity contribution >= 4 is 28.2 Å². The van der Waals surface area contributed by atoms with Crippen LogP contribution in [0.4, 0.5) is 0 Å². The highest BCUT2D eigenvalue weighted by Gasteiger charge is 2.45. The number of ketones is 1. The van der Waals surface area contributed by atoms with Gasteiger partial charge in [0.1, 0.15) is 5.76 Å². The number of methoxy groups -OCH3 is 1. The van der Waals surface area contributed by atoms with Gasteiger partial charge in [-0.2, -0.15) is 0 Å². The maximum absolute atomic E-state index is 13.1. The molecular formula is C27H27NO5. The minimum Gasteiger partial charge on any atom is -0.507 e. The maximum Gasteiger partial charge on any atom is 0.295 e. The predicted octanol–water partition coefficient (Wildman–Crippen LogP) is 5.08. The molecule has 1 saturated heterocycles. The van der Waals surface area contributed by atoms with Crippen LogP contribution in [0.15, 0.2) is 66.2 Å². The normalized spacial score (nSPS) is 17.5. The molecule has 0 aromatic heterocycles. The zero-order valence-corrected chi connectivity index (χ0v) is 19.0. The number of rotatable bonds is 7. The second-order valence-corrected chi connectivity index (χ2v) is 7.90. The Hall–Kier alpha value is -3.80. The third-order valence-corrected chi connectivity index (χ3v) is 5.83. The number of ether oxygens (including phenoxy) is 2. The Labute approximate surface area is 193 Å². The molecule has 4 rings (SSSR count). The lowest BCUT2D eigenvalue weighted by molar-refractivity contribution is -0.139. The molecule has 33 heavy (non-hydrogen) atoms. The van der Waals surface area contributed by atoms with Gasteiger partial charge in [0.05, 0.1) is 25.3 Å². The number of fused-ring (bicyclic) bond motifs is 1.